The number of ether oxygens (including phenoxy) is 1. The van der Waals surface area contributed by atoms with Gasteiger partial charge in [-0.1, -0.05) is 6.92 Å². The van der Waals surface area contributed by atoms with E-state index in [4.69, 9.17) is 4.74 Å². The maximum absolute atomic E-state index is 13.7. The molecule has 1 fully saturated rings. The average Bonchev–Trinajstić information content (AvgIpc) is 2.79. The molecule has 198 valence electrons. The van der Waals surface area contributed by atoms with Crippen molar-refractivity contribution in [2.75, 3.05) is 54.0 Å². The summed E-state index contributed by atoms with van der Waals surface area (Å²) in [5.41, 5.74) is 1.48. The largest absolute Gasteiger partial charge is 0.387 e. The third-order valence-electron chi connectivity index (χ3n) is 6.68. The molecule has 2 aliphatic rings. The zero-order chi connectivity index (χ0) is 25.0. The van der Waals surface area contributed by atoms with Crippen molar-refractivity contribution < 1.29 is 14.2 Å². The summed E-state index contributed by atoms with van der Waals surface area (Å²) in [7, 11) is 5.87. The molecule has 2 heterocycles. The molecular formula is C25H48FN5O2S. The molecule has 34 heavy (non-hydrogen) atoms. The first-order valence-electron chi connectivity index (χ1n) is 12.9. The maximum atomic E-state index is 13.7. The van der Waals surface area contributed by atoms with Gasteiger partial charge in [-0.15, -0.1) is 11.8 Å². The van der Waals surface area contributed by atoms with E-state index in [0.717, 1.165) is 57.4 Å². The summed E-state index contributed by atoms with van der Waals surface area (Å²) in [6, 6.07) is 0. The predicted octanol–water partition coefficient (Wildman–Crippen LogP) is 3.11. The van der Waals surface area contributed by atoms with Crippen LogP contribution in [0.5, 0.6) is 0 Å². The Bertz CT molecular complexity index is 647. The number of aliphatic imine (C=N–C) groups is 1. The highest BCUT2D eigenvalue weighted by atomic mass is 32.2. The average molecular weight is 502 g/mol. The van der Waals surface area contributed by atoms with Gasteiger partial charge in [-0.25, -0.2) is 4.39 Å². The first kappa shape index (κ1) is 29.4. The van der Waals surface area contributed by atoms with Crippen LogP contribution in [-0.2, 0) is 4.74 Å². The second-order valence-corrected chi connectivity index (χ2v) is 11.3. The van der Waals surface area contributed by atoms with Crippen LogP contribution in [0.15, 0.2) is 16.3 Å². The van der Waals surface area contributed by atoms with E-state index < -0.39 is 11.9 Å². The van der Waals surface area contributed by atoms with E-state index in [9.17, 15) is 9.50 Å². The van der Waals surface area contributed by atoms with E-state index >= 15 is 0 Å². The van der Waals surface area contributed by atoms with Crippen LogP contribution in [0.1, 0.15) is 58.8 Å². The molecule has 5 atom stereocenters. The summed E-state index contributed by atoms with van der Waals surface area (Å²) in [6.07, 6.45) is 6.80. The van der Waals surface area contributed by atoms with Gasteiger partial charge in [0, 0.05) is 32.4 Å². The van der Waals surface area contributed by atoms with Gasteiger partial charge in [0.15, 0.2) is 0 Å². The van der Waals surface area contributed by atoms with Crippen LogP contribution in [0, 0.1) is 5.92 Å². The van der Waals surface area contributed by atoms with Gasteiger partial charge in [-0.2, -0.15) is 0 Å². The summed E-state index contributed by atoms with van der Waals surface area (Å²) in [6.45, 7) is 7.59. The van der Waals surface area contributed by atoms with Crippen molar-refractivity contribution in [3.05, 3.63) is 11.3 Å². The predicted molar refractivity (Wildman–Crippen MR) is 142 cm³/mol. The monoisotopic (exact) mass is 501 g/mol. The van der Waals surface area contributed by atoms with Crippen LogP contribution in [-0.4, -0.2) is 92.9 Å². The summed E-state index contributed by atoms with van der Waals surface area (Å²) in [5.74, 6) is 0.204. The molecule has 7 nitrogen and oxygen atoms in total. The Labute approximate surface area is 210 Å². The van der Waals surface area contributed by atoms with Gasteiger partial charge in [0.2, 0.25) is 0 Å². The van der Waals surface area contributed by atoms with Gasteiger partial charge in [-0.05, 0) is 84.1 Å². The lowest BCUT2D eigenvalue weighted by molar-refractivity contribution is 0.00741. The van der Waals surface area contributed by atoms with Crippen molar-refractivity contribution >= 4 is 18.1 Å². The zero-order valence-electron chi connectivity index (χ0n) is 21.9. The molecule has 2 bridgehead atoms. The fourth-order valence-corrected chi connectivity index (χ4v) is 6.35. The quantitative estimate of drug-likeness (QED) is 0.191. The number of nitrogens with one attached hydrogen (secondary N) is 3. The Morgan fingerprint density at radius 2 is 2.15 bits per heavy atom. The molecular weight excluding hydrogens is 453 g/mol. The summed E-state index contributed by atoms with van der Waals surface area (Å²) < 4.78 is 19.0. The lowest BCUT2D eigenvalue weighted by Gasteiger charge is -2.46. The van der Waals surface area contributed by atoms with Crippen molar-refractivity contribution in [2.45, 2.75) is 81.3 Å². The fourth-order valence-electron chi connectivity index (χ4n) is 4.74. The maximum Gasteiger partial charge on any atom is 0.125 e. The smallest absolute Gasteiger partial charge is 0.125 e. The molecule has 2 rings (SSSR count). The zero-order valence-corrected chi connectivity index (χ0v) is 22.7. The normalized spacial score (nSPS) is 25.5. The van der Waals surface area contributed by atoms with Crippen molar-refractivity contribution in [1.82, 2.24) is 20.9 Å². The molecule has 2 unspecified atom stereocenters. The molecule has 9 heteroatoms. The van der Waals surface area contributed by atoms with E-state index in [2.05, 4.69) is 39.9 Å². The molecule has 0 aromatic heterocycles. The third-order valence-corrected chi connectivity index (χ3v) is 8.39. The highest BCUT2D eigenvalue weighted by molar-refractivity contribution is 8.00. The lowest BCUT2D eigenvalue weighted by atomic mass is 9.82. The number of alkyl halides is 1. The number of hydrogen-bond donors (Lipinski definition) is 4. The molecule has 0 amide bonds. The Morgan fingerprint density at radius 3 is 2.85 bits per heavy atom. The van der Waals surface area contributed by atoms with E-state index in [1.807, 2.05) is 13.8 Å². The number of nitrogens with zero attached hydrogens (tertiary/aromatic N) is 2. The molecule has 0 spiro atoms. The lowest BCUT2D eigenvalue weighted by Crippen LogP contribution is -2.57. The fraction of sp³-hybridized carbons (Fsp3) is 0.880. The molecule has 0 saturated carbocycles. The Kier molecular flexibility index (Phi) is 13.2. The minimum Gasteiger partial charge on any atom is -0.387 e. The molecule has 2 aliphatic heterocycles. The molecule has 0 aliphatic carbocycles. The third kappa shape index (κ3) is 9.64. The molecule has 1 saturated heterocycles. The first-order chi connectivity index (χ1) is 16.3. The van der Waals surface area contributed by atoms with Crippen molar-refractivity contribution in [3.8, 4) is 0 Å². The molecule has 0 aromatic rings. The van der Waals surface area contributed by atoms with Crippen LogP contribution in [0.4, 0.5) is 4.39 Å². The number of hydrogen-bond acceptors (Lipinski definition) is 8. The van der Waals surface area contributed by atoms with Crippen LogP contribution in [0.25, 0.3) is 0 Å². The Balaban J connectivity index is 2.21. The first-order valence-corrected chi connectivity index (χ1v) is 13.8. The van der Waals surface area contributed by atoms with Crippen LogP contribution < -0.4 is 16.0 Å². The van der Waals surface area contributed by atoms with E-state index in [0.29, 0.717) is 26.0 Å². The summed E-state index contributed by atoms with van der Waals surface area (Å²) in [5, 5.41) is 22.2. The topological polar surface area (TPSA) is 81.2 Å². The van der Waals surface area contributed by atoms with Gasteiger partial charge >= 0.3 is 0 Å². The highest BCUT2D eigenvalue weighted by Crippen LogP contribution is 2.46. The van der Waals surface area contributed by atoms with Crippen LogP contribution >= 0.6 is 11.8 Å². The van der Waals surface area contributed by atoms with Crippen LogP contribution in [0.3, 0.4) is 0 Å². The number of aliphatic hydroxyl groups is 1. The van der Waals surface area contributed by atoms with Gasteiger partial charge in [0.05, 0.1) is 29.7 Å². The molecule has 0 radical (unpaired) electrons. The van der Waals surface area contributed by atoms with Gasteiger partial charge < -0.3 is 25.4 Å². The number of halogens is 1. The summed E-state index contributed by atoms with van der Waals surface area (Å²) >= 11 is 1.81. The Morgan fingerprint density at radius 1 is 1.35 bits per heavy atom. The van der Waals surface area contributed by atoms with E-state index in [1.165, 1.54) is 5.57 Å². The standard InChI is InChI=1S/C25H48FN5O2S/c1-6-19(26)10-7-12-28-22-17-27-18-29-23-16-21(22)20(11-8-15-33-5)24(34-23)25(2,32)30-13-9-14-31(3)4/h18-20,23-24,28,30,32H,6-17H2,1-5H3,(H,27,29)/t19?,20-,23+,24?,25+/m0/s1. The number of thioether (sulfide) groups is 1. The second-order valence-electron chi connectivity index (χ2n) is 9.94. The van der Waals surface area contributed by atoms with Crippen molar-refractivity contribution in [3.63, 3.8) is 0 Å². The minimum absolute atomic E-state index is 0.0106. The number of methoxy groups -OCH3 is 1. The van der Waals surface area contributed by atoms with E-state index in [-0.39, 0.29) is 16.5 Å². The van der Waals surface area contributed by atoms with Crippen molar-refractivity contribution in [2.24, 2.45) is 10.9 Å². The van der Waals surface area contributed by atoms with Gasteiger partial charge in [0.1, 0.15) is 5.72 Å². The van der Waals surface area contributed by atoms with Gasteiger partial charge in [0.25, 0.3) is 0 Å². The van der Waals surface area contributed by atoms with E-state index in [1.54, 1.807) is 25.2 Å². The van der Waals surface area contributed by atoms with Gasteiger partial charge in [-0.3, -0.25) is 10.3 Å². The SMILES string of the molecule is CCC(F)CCCNC1=C2C[C@H](NC=NC1)SC([C@@](C)(O)NCCCN(C)C)[C@H]2CCCOC. The number of fused-ring (bicyclic) bond motifs is 2. The molecule has 0 aromatic carbocycles. The number of rotatable bonds is 16. The van der Waals surface area contributed by atoms with Crippen LogP contribution in [0.2, 0.25) is 0 Å². The Hall–Kier alpha value is -0.870. The minimum atomic E-state index is -1.01. The highest BCUT2D eigenvalue weighted by Gasteiger charge is 2.45. The van der Waals surface area contributed by atoms with Crippen molar-refractivity contribution in [1.29, 1.82) is 0 Å². The second kappa shape index (κ2) is 15.3. The molecule has 4 N–H and O–H groups in total. The summed E-state index contributed by atoms with van der Waals surface area (Å²) in [4.78, 5) is 6.73.